The average molecular weight is 273 g/mol. The zero-order valence-electron chi connectivity index (χ0n) is 11.8. The fourth-order valence-electron chi connectivity index (χ4n) is 2.61. The minimum atomic E-state index is -0.716. The van der Waals surface area contributed by atoms with E-state index < -0.39 is 5.60 Å². The highest BCUT2D eigenvalue weighted by atomic mass is 16.3. The maximum atomic E-state index is 11.8. The van der Waals surface area contributed by atoms with Gasteiger partial charge in [-0.25, -0.2) is 0 Å². The van der Waals surface area contributed by atoms with Crippen molar-refractivity contribution in [3.63, 3.8) is 0 Å². The Hall–Kier alpha value is -1.61. The van der Waals surface area contributed by atoms with Crippen LogP contribution in [0.15, 0.2) is 36.4 Å². The van der Waals surface area contributed by atoms with Crippen LogP contribution >= 0.6 is 0 Å². The van der Waals surface area contributed by atoms with E-state index in [1.807, 2.05) is 30.3 Å². The van der Waals surface area contributed by atoms with Gasteiger partial charge in [0.05, 0.1) is 5.60 Å². The summed E-state index contributed by atoms with van der Waals surface area (Å²) in [4.78, 5) is 11.8. The molecule has 1 fully saturated rings. The lowest BCUT2D eigenvalue weighted by atomic mass is 9.94. The highest BCUT2D eigenvalue weighted by Gasteiger charge is 2.27. The summed E-state index contributed by atoms with van der Waals surface area (Å²) in [6, 6.07) is 9.71. The van der Waals surface area contributed by atoms with E-state index in [0.717, 1.165) is 31.2 Å². The molecule has 0 bridgehead atoms. The minimum Gasteiger partial charge on any atom is -0.388 e. The minimum absolute atomic E-state index is 0.147. The molecule has 1 aromatic rings. The molecule has 0 saturated heterocycles. The van der Waals surface area contributed by atoms with E-state index in [4.69, 9.17) is 0 Å². The fourth-order valence-corrected chi connectivity index (χ4v) is 2.61. The molecule has 1 aliphatic carbocycles. The predicted molar refractivity (Wildman–Crippen MR) is 81.1 cm³/mol. The van der Waals surface area contributed by atoms with Crippen molar-refractivity contribution in [2.75, 3.05) is 6.54 Å². The lowest BCUT2D eigenvalue weighted by molar-refractivity contribution is -0.117. The first-order valence-corrected chi connectivity index (χ1v) is 7.41. The smallest absolute Gasteiger partial charge is 0.244 e. The van der Waals surface area contributed by atoms with Gasteiger partial charge in [0, 0.05) is 12.6 Å². The molecule has 3 nitrogen and oxygen atoms in total. The van der Waals surface area contributed by atoms with Crippen LogP contribution in [-0.4, -0.2) is 23.2 Å². The van der Waals surface area contributed by atoms with Gasteiger partial charge in [0.25, 0.3) is 0 Å². The van der Waals surface area contributed by atoms with E-state index in [1.165, 1.54) is 18.9 Å². The SMILES string of the molecule is O=C(C=Cc1ccccc1)NCC1(O)CCCCCC1. The molecule has 1 aliphatic rings. The summed E-state index contributed by atoms with van der Waals surface area (Å²) in [7, 11) is 0. The van der Waals surface area contributed by atoms with Crippen molar-refractivity contribution >= 4 is 12.0 Å². The fraction of sp³-hybridized carbons (Fsp3) is 0.471. The second-order valence-corrected chi connectivity index (χ2v) is 5.60. The maximum absolute atomic E-state index is 11.8. The summed E-state index contributed by atoms with van der Waals surface area (Å²) >= 11 is 0. The van der Waals surface area contributed by atoms with Gasteiger partial charge in [-0.05, 0) is 24.5 Å². The molecular weight excluding hydrogens is 250 g/mol. The quantitative estimate of drug-likeness (QED) is 0.654. The van der Waals surface area contributed by atoms with E-state index in [1.54, 1.807) is 6.08 Å². The van der Waals surface area contributed by atoms with Crippen LogP contribution in [0.3, 0.4) is 0 Å². The van der Waals surface area contributed by atoms with Gasteiger partial charge in [-0.2, -0.15) is 0 Å². The molecule has 0 heterocycles. The highest BCUT2D eigenvalue weighted by molar-refractivity contribution is 5.91. The van der Waals surface area contributed by atoms with Gasteiger partial charge in [0.1, 0.15) is 0 Å². The molecule has 0 aromatic heterocycles. The number of nitrogens with one attached hydrogen (secondary N) is 1. The molecule has 1 amide bonds. The van der Waals surface area contributed by atoms with Crippen molar-refractivity contribution in [3.8, 4) is 0 Å². The molecule has 0 spiro atoms. The lowest BCUT2D eigenvalue weighted by Gasteiger charge is -2.26. The molecule has 3 heteroatoms. The normalized spacial score (nSPS) is 18.6. The highest BCUT2D eigenvalue weighted by Crippen LogP contribution is 2.26. The number of aliphatic hydroxyl groups is 1. The average Bonchev–Trinajstić information content (AvgIpc) is 2.69. The Morgan fingerprint density at radius 3 is 2.45 bits per heavy atom. The van der Waals surface area contributed by atoms with Crippen molar-refractivity contribution in [2.45, 2.75) is 44.1 Å². The van der Waals surface area contributed by atoms with Gasteiger partial charge in [-0.15, -0.1) is 0 Å². The summed E-state index contributed by atoms with van der Waals surface area (Å²) in [5.74, 6) is -0.147. The van der Waals surface area contributed by atoms with Crippen molar-refractivity contribution in [2.24, 2.45) is 0 Å². The van der Waals surface area contributed by atoms with E-state index in [9.17, 15) is 9.90 Å². The number of hydrogen-bond acceptors (Lipinski definition) is 2. The number of benzene rings is 1. The third-order valence-electron chi connectivity index (χ3n) is 3.85. The molecule has 0 radical (unpaired) electrons. The van der Waals surface area contributed by atoms with Crippen molar-refractivity contribution in [3.05, 3.63) is 42.0 Å². The van der Waals surface area contributed by atoms with Crippen LogP contribution in [0.25, 0.3) is 6.08 Å². The molecular formula is C17H23NO2. The van der Waals surface area contributed by atoms with Gasteiger partial charge < -0.3 is 10.4 Å². The summed E-state index contributed by atoms with van der Waals surface area (Å²) < 4.78 is 0. The topological polar surface area (TPSA) is 49.3 Å². The van der Waals surface area contributed by atoms with Crippen LogP contribution in [-0.2, 0) is 4.79 Å². The van der Waals surface area contributed by atoms with E-state index in [2.05, 4.69) is 5.32 Å². The third-order valence-corrected chi connectivity index (χ3v) is 3.85. The Morgan fingerprint density at radius 1 is 1.15 bits per heavy atom. The molecule has 0 unspecified atom stereocenters. The van der Waals surface area contributed by atoms with E-state index in [-0.39, 0.29) is 5.91 Å². The third kappa shape index (κ3) is 4.82. The van der Waals surface area contributed by atoms with Gasteiger partial charge in [-0.1, -0.05) is 56.0 Å². The van der Waals surface area contributed by atoms with Crippen molar-refractivity contribution in [1.82, 2.24) is 5.32 Å². The maximum Gasteiger partial charge on any atom is 0.244 e. The van der Waals surface area contributed by atoms with Gasteiger partial charge >= 0.3 is 0 Å². The van der Waals surface area contributed by atoms with Crippen molar-refractivity contribution in [1.29, 1.82) is 0 Å². The van der Waals surface area contributed by atoms with Gasteiger partial charge in [-0.3, -0.25) is 4.79 Å². The lowest BCUT2D eigenvalue weighted by Crippen LogP contribution is -2.42. The monoisotopic (exact) mass is 273 g/mol. The van der Waals surface area contributed by atoms with Crippen LogP contribution in [0.5, 0.6) is 0 Å². The number of rotatable bonds is 4. The molecule has 1 aromatic carbocycles. The number of carbonyl (C=O) groups excluding carboxylic acids is 1. The molecule has 1 saturated carbocycles. The number of carbonyl (C=O) groups is 1. The first-order valence-electron chi connectivity index (χ1n) is 7.41. The second kappa shape index (κ2) is 7.25. The Morgan fingerprint density at radius 2 is 1.80 bits per heavy atom. The molecule has 20 heavy (non-hydrogen) atoms. The summed E-state index contributed by atoms with van der Waals surface area (Å²) in [5, 5.41) is 13.3. The summed E-state index contributed by atoms with van der Waals surface area (Å²) in [6.07, 6.45) is 9.35. The molecule has 0 aliphatic heterocycles. The largest absolute Gasteiger partial charge is 0.388 e. The van der Waals surface area contributed by atoms with Crippen LogP contribution in [0, 0.1) is 0 Å². The Balaban J connectivity index is 1.81. The molecule has 108 valence electrons. The summed E-state index contributed by atoms with van der Waals surface area (Å²) in [6.45, 7) is 0.352. The van der Waals surface area contributed by atoms with Crippen LogP contribution < -0.4 is 5.32 Å². The van der Waals surface area contributed by atoms with E-state index in [0.29, 0.717) is 6.54 Å². The van der Waals surface area contributed by atoms with E-state index >= 15 is 0 Å². The molecule has 0 atom stereocenters. The summed E-state index contributed by atoms with van der Waals surface area (Å²) in [5.41, 5.74) is 0.281. The standard InChI is InChI=1S/C17H23NO2/c19-16(11-10-15-8-4-3-5-9-15)18-14-17(20)12-6-1-2-7-13-17/h3-5,8-11,20H,1-2,6-7,12-14H2,(H,18,19). The van der Waals surface area contributed by atoms with Gasteiger partial charge in [0.15, 0.2) is 0 Å². The van der Waals surface area contributed by atoms with Gasteiger partial charge in [0.2, 0.25) is 5.91 Å². The zero-order valence-corrected chi connectivity index (χ0v) is 11.8. The predicted octanol–water partition coefficient (Wildman–Crippen LogP) is 2.90. The molecule has 2 rings (SSSR count). The number of amides is 1. The molecule has 2 N–H and O–H groups in total. The van der Waals surface area contributed by atoms with Crippen LogP contribution in [0.2, 0.25) is 0 Å². The zero-order chi connectivity index (χ0) is 14.3. The Bertz CT molecular complexity index is 445. The number of hydrogen-bond donors (Lipinski definition) is 2. The van der Waals surface area contributed by atoms with Crippen molar-refractivity contribution < 1.29 is 9.90 Å². The Kier molecular flexibility index (Phi) is 5.36. The first kappa shape index (κ1) is 14.8. The van der Waals surface area contributed by atoms with Crippen LogP contribution in [0.4, 0.5) is 0 Å². The Labute approximate surface area is 120 Å². The second-order valence-electron chi connectivity index (χ2n) is 5.60. The first-order chi connectivity index (χ1) is 9.68. The van der Waals surface area contributed by atoms with Crippen LogP contribution in [0.1, 0.15) is 44.1 Å².